The molecule has 0 aromatic heterocycles. The molecule has 104 valence electrons. The molecule has 0 bridgehead atoms. The number of carbonyl (C=O) groups excluding carboxylic acids is 1. The van der Waals surface area contributed by atoms with Crippen molar-refractivity contribution in [1.29, 1.82) is 0 Å². The minimum Gasteiger partial charge on any atom is -0.394 e. The Morgan fingerprint density at radius 3 is 2.79 bits per heavy atom. The zero-order valence-electron chi connectivity index (χ0n) is 11.3. The van der Waals surface area contributed by atoms with Crippen LogP contribution in [0.25, 0.3) is 0 Å². The number of thioether (sulfide) groups is 1. The fraction of sp³-hybridized carbons (Fsp3) is 0.533. The van der Waals surface area contributed by atoms with E-state index >= 15 is 0 Å². The first-order valence-electron chi connectivity index (χ1n) is 6.70. The first-order valence-corrected chi connectivity index (χ1v) is 8.10. The Kier molecular flexibility index (Phi) is 4.88. The van der Waals surface area contributed by atoms with Gasteiger partial charge in [0.15, 0.2) is 0 Å². The molecule has 1 amide bonds. The summed E-state index contributed by atoms with van der Waals surface area (Å²) in [6, 6.07) is 7.72. The summed E-state index contributed by atoms with van der Waals surface area (Å²) in [5.74, 6) is 0.839. The van der Waals surface area contributed by atoms with Gasteiger partial charge in [0.1, 0.15) is 0 Å². The number of hydrogen-bond acceptors (Lipinski definition) is 3. The average Bonchev–Trinajstić information content (AvgIpc) is 2.88. The first kappa shape index (κ1) is 14.4. The minimum absolute atomic E-state index is 0.0310. The standard InChI is InChI=1S/C15H21NO2S/c1-19-10-12-5-4-6-13(9-12)14(18)16-15(11-17)7-2-3-8-15/h4-6,9,17H,2-3,7-8,10-11H2,1H3,(H,16,18). The number of aliphatic hydroxyl groups is 1. The van der Waals surface area contributed by atoms with Crippen LogP contribution in [-0.4, -0.2) is 29.4 Å². The SMILES string of the molecule is CSCc1cccc(C(=O)NC2(CO)CCCC2)c1. The van der Waals surface area contributed by atoms with Gasteiger partial charge >= 0.3 is 0 Å². The van der Waals surface area contributed by atoms with Crippen LogP contribution in [0.1, 0.15) is 41.6 Å². The summed E-state index contributed by atoms with van der Waals surface area (Å²) in [5, 5.41) is 12.6. The molecule has 0 saturated heterocycles. The van der Waals surface area contributed by atoms with Crippen LogP contribution >= 0.6 is 11.8 Å². The van der Waals surface area contributed by atoms with Gasteiger partial charge in [0, 0.05) is 11.3 Å². The molecule has 19 heavy (non-hydrogen) atoms. The van der Waals surface area contributed by atoms with Crippen LogP contribution in [0.5, 0.6) is 0 Å². The highest BCUT2D eigenvalue weighted by Gasteiger charge is 2.34. The van der Waals surface area contributed by atoms with Gasteiger partial charge in [-0.15, -0.1) is 0 Å². The maximum Gasteiger partial charge on any atom is 0.251 e. The summed E-state index contributed by atoms with van der Waals surface area (Å²) in [6.45, 7) is 0.0310. The molecule has 4 heteroatoms. The molecule has 0 aliphatic heterocycles. The quantitative estimate of drug-likeness (QED) is 0.871. The van der Waals surface area contributed by atoms with E-state index < -0.39 is 5.54 Å². The Bertz CT molecular complexity index is 442. The molecule has 1 aromatic carbocycles. The van der Waals surface area contributed by atoms with Crippen LogP contribution in [0, 0.1) is 0 Å². The molecule has 2 rings (SSSR count). The molecular formula is C15H21NO2S. The van der Waals surface area contributed by atoms with E-state index in [0.717, 1.165) is 37.0 Å². The molecule has 0 radical (unpaired) electrons. The lowest BCUT2D eigenvalue weighted by molar-refractivity contribution is 0.0838. The van der Waals surface area contributed by atoms with Gasteiger partial charge in [0.2, 0.25) is 0 Å². The van der Waals surface area contributed by atoms with Gasteiger partial charge in [0.05, 0.1) is 12.1 Å². The third kappa shape index (κ3) is 3.51. The molecule has 1 aliphatic rings. The molecule has 1 aromatic rings. The van der Waals surface area contributed by atoms with Crippen LogP contribution in [0.4, 0.5) is 0 Å². The predicted octanol–water partition coefficient (Wildman–Crippen LogP) is 2.58. The van der Waals surface area contributed by atoms with E-state index in [1.807, 2.05) is 30.5 Å². The van der Waals surface area contributed by atoms with Crippen molar-refractivity contribution in [3.8, 4) is 0 Å². The van der Waals surface area contributed by atoms with Gasteiger partial charge in [-0.1, -0.05) is 25.0 Å². The summed E-state index contributed by atoms with van der Waals surface area (Å²) >= 11 is 1.74. The Balaban J connectivity index is 2.08. The molecular weight excluding hydrogens is 258 g/mol. The summed E-state index contributed by atoms with van der Waals surface area (Å²) in [4.78, 5) is 12.3. The number of hydrogen-bond donors (Lipinski definition) is 2. The van der Waals surface area contributed by atoms with Gasteiger partial charge in [-0.3, -0.25) is 4.79 Å². The van der Waals surface area contributed by atoms with E-state index in [9.17, 15) is 9.90 Å². The predicted molar refractivity (Wildman–Crippen MR) is 79.4 cm³/mol. The zero-order valence-corrected chi connectivity index (χ0v) is 12.1. The maximum absolute atomic E-state index is 12.3. The van der Waals surface area contributed by atoms with Crippen molar-refractivity contribution in [3.63, 3.8) is 0 Å². The molecule has 0 spiro atoms. The highest BCUT2D eigenvalue weighted by Crippen LogP contribution is 2.29. The van der Waals surface area contributed by atoms with Gasteiger partial charge in [-0.2, -0.15) is 11.8 Å². The van der Waals surface area contributed by atoms with E-state index in [1.54, 1.807) is 11.8 Å². The van der Waals surface area contributed by atoms with Crippen LogP contribution in [0.2, 0.25) is 0 Å². The van der Waals surface area contributed by atoms with Gasteiger partial charge in [0.25, 0.3) is 5.91 Å². The van der Waals surface area contributed by atoms with Crippen molar-refractivity contribution >= 4 is 17.7 Å². The first-order chi connectivity index (χ1) is 9.19. The maximum atomic E-state index is 12.3. The monoisotopic (exact) mass is 279 g/mol. The minimum atomic E-state index is -0.396. The summed E-state index contributed by atoms with van der Waals surface area (Å²) in [6.07, 6.45) is 5.95. The fourth-order valence-electron chi connectivity index (χ4n) is 2.66. The molecule has 1 aliphatic carbocycles. The second kappa shape index (κ2) is 6.44. The van der Waals surface area contributed by atoms with Crippen LogP contribution < -0.4 is 5.32 Å². The number of nitrogens with one attached hydrogen (secondary N) is 1. The van der Waals surface area contributed by atoms with Crippen molar-refractivity contribution in [2.45, 2.75) is 37.0 Å². The third-order valence-electron chi connectivity index (χ3n) is 3.74. The zero-order chi connectivity index (χ0) is 13.7. The second-order valence-corrected chi connectivity index (χ2v) is 6.10. The number of rotatable bonds is 5. The van der Waals surface area contributed by atoms with Crippen LogP contribution in [0.15, 0.2) is 24.3 Å². The van der Waals surface area contributed by atoms with Crippen molar-refractivity contribution in [3.05, 3.63) is 35.4 Å². The highest BCUT2D eigenvalue weighted by molar-refractivity contribution is 7.97. The molecule has 1 saturated carbocycles. The number of carbonyl (C=O) groups is 1. The van der Waals surface area contributed by atoms with E-state index in [1.165, 1.54) is 0 Å². The lowest BCUT2D eigenvalue weighted by Gasteiger charge is -2.28. The number of benzene rings is 1. The van der Waals surface area contributed by atoms with Gasteiger partial charge in [-0.25, -0.2) is 0 Å². The summed E-state index contributed by atoms with van der Waals surface area (Å²) in [7, 11) is 0. The summed E-state index contributed by atoms with van der Waals surface area (Å²) < 4.78 is 0. The third-order valence-corrected chi connectivity index (χ3v) is 4.36. The van der Waals surface area contributed by atoms with Crippen LogP contribution in [0.3, 0.4) is 0 Å². The highest BCUT2D eigenvalue weighted by atomic mass is 32.2. The van der Waals surface area contributed by atoms with Gasteiger partial charge < -0.3 is 10.4 Å². The Hall–Kier alpha value is -1.00. The average molecular weight is 279 g/mol. The lowest BCUT2D eigenvalue weighted by Crippen LogP contribution is -2.49. The van der Waals surface area contributed by atoms with Crippen LogP contribution in [-0.2, 0) is 5.75 Å². The number of amides is 1. The van der Waals surface area contributed by atoms with Crippen molar-refractivity contribution < 1.29 is 9.90 Å². The lowest BCUT2D eigenvalue weighted by atomic mass is 9.98. The fourth-order valence-corrected chi connectivity index (χ4v) is 3.17. The topological polar surface area (TPSA) is 49.3 Å². The van der Waals surface area contributed by atoms with Crippen molar-refractivity contribution in [1.82, 2.24) is 5.32 Å². The Labute approximate surface area is 118 Å². The normalized spacial score (nSPS) is 17.4. The van der Waals surface area contributed by atoms with E-state index in [2.05, 4.69) is 5.32 Å². The van der Waals surface area contributed by atoms with E-state index in [-0.39, 0.29) is 12.5 Å². The van der Waals surface area contributed by atoms with E-state index in [0.29, 0.717) is 5.56 Å². The van der Waals surface area contributed by atoms with Crippen molar-refractivity contribution in [2.75, 3.05) is 12.9 Å². The van der Waals surface area contributed by atoms with Crippen molar-refractivity contribution in [2.24, 2.45) is 0 Å². The Morgan fingerprint density at radius 1 is 1.42 bits per heavy atom. The molecule has 0 unspecified atom stereocenters. The molecule has 0 atom stereocenters. The largest absolute Gasteiger partial charge is 0.394 e. The molecule has 3 nitrogen and oxygen atoms in total. The summed E-state index contributed by atoms with van der Waals surface area (Å²) in [5.41, 5.74) is 1.45. The second-order valence-electron chi connectivity index (χ2n) is 5.23. The molecule has 0 heterocycles. The molecule has 2 N–H and O–H groups in total. The smallest absolute Gasteiger partial charge is 0.251 e. The Morgan fingerprint density at radius 2 is 2.16 bits per heavy atom. The van der Waals surface area contributed by atoms with E-state index in [4.69, 9.17) is 0 Å². The molecule has 1 fully saturated rings. The van der Waals surface area contributed by atoms with Gasteiger partial charge in [-0.05, 0) is 36.8 Å². The number of aliphatic hydroxyl groups excluding tert-OH is 1.